The smallest absolute Gasteiger partial charge is 0.221 e. The third kappa shape index (κ3) is 3.79. The van der Waals surface area contributed by atoms with Gasteiger partial charge in [0.05, 0.1) is 0 Å². The first-order valence-electron chi connectivity index (χ1n) is 8.02. The zero-order valence-electron chi connectivity index (χ0n) is 12.7. The maximum absolute atomic E-state index is 12.2. The van der Waals surface area contributed by atoms with E-state index >= 15 is 0 Å². The Morgan fingerprint density at radius 1 is 1.36 bits per heavy atom. The lowest BCUT2D eigenvalue weighted by Crippen LogP contribution is -2.47. The highest BCUT2D eigenvalue weighted by molar-refractivity contribution is 7.99. The summed E-state index contributed by atoms with van der Waals surface area (Å²) >= 11 is 7.91. The Labute approximate surface area is 141 Å². The van der Waals surface area contributed by atoms with Gasteiger partial charge in [0, 0.05) is 47.5 Å². The molecule has 3 nitrogen and oxygen atoms in total. The molecule has 2 aliphatic rings. The second-order valence-electron chi connectivity index (χ2n) is 6.35. The number of carbonyl (C=O) groups is 1. The second-order valence-corrected chi connectivity index (χ2v) is 7.93. The van der Waals surface area contributed by atoms with Gasteiger partial charge in [-0.05, 0) is 30.5 Å². The maximum Gasteiger partial charge on any atom is 0.221 e. The van der Waals surface area contributed by atoms with Gasteiger partial charge in [-0.1, -0.05) is 30.2 Å². The number of hydrogen-bond donors (Lipinski definition) is 2. The van der Waals surface area contributed by atoms with E-state index in [1.165, 1.54) is 12.0 Å². The molecule has 1 aliphatic carbocycles. The quantitative estimate of drug-likeness (QED) is 0.867. The summed E-state index contributed by atoms with van der Waals surface area (Å²) in [5.74, 6) is 2.35. The summed E-state index contributed by atoms with van der Waals surface area (Å²) in [6, 6.07) is 8.43. The molecule has 1 saturated heterocycles. The van der Waals surface area contributed by atoms with E-state index in [0.29, 0.717) is 12.5 Å². The van der Waals surface area contributed by atoms with Gasteiger partial charge in [0.1, 0.15) is 0 Å². The van der Waals surface area contributed by atoms with Gasteiger partial charge in [-0.15, -0.1) is 0 Å². The van der Waals surface area contributed by atoms with Crippen LogP contribution in [0, 0.1) is 0 Å². The molecule has 1 aliphatic heterocycles. The summed E-state index contributed by atoms with van der Waals surface area (Å²) in [4.78, 5) is 12.2. The molecular formula is C17H23ClN2OS. The second kappa shape index (κ2) is 7.24. The van der Waals surface area contributed by atoms with E-state index in [4.69, 9.17) is 11.6 Å². The van der Waals surface area contributed by atoms with Crippen molar-refractivity contribution in [3.05, 3.63) is 34.9 Å². The van der Waals surface area contributed by atoms with Gasteiger partial charge in [-0.2, -0.15) is 11.8 Å². The normalized spacial score (nSPS) is 23.6. The molecule has 1 unspecified atom stereocenters. The SMILES string of the molecule is O=C(CC1CSCCN1)NCC1(c2ccc(Cl)cc2)CCC1. The maximum atomic E-state index is 12.2. The molecule has 3 rings (SSSR count). The van der Waals surface area contributed by atoms with Crippen molar-refractivity contribution in [2.24, 2.45) is 0 Å². The molecule has 1 heterocycles. The van der Waals surface area contributed by atoms with Gasteiger partial charge in [0.15, 0.2) is 0 Å². The number of carbonyl (C=O) groups excluding carboxylic acids is 1. The van der Waals surface area contributed by atoms with Crippen molar-refractivity contribution >= 4 is 29.3 Å². The summed E-state index contributed by atoms with van der Waals surface area (Å²) in [5, 5.41) is 7.35. The van der Waals surface area contributed by atoms with E-state index in [2.05, 4.69) is 22.8 Å². The first kappa shape index (κ1) is 16.2. The molecule has 0 spiro atoms. The third-order valence-electron chi connectivity index (χ3n) is 4.82. The molecule has 5 heteroatoms. The number of halogens is 1. The van der Waals surface area contributed by atoms with Gasteiger partial charge in [-0.3, -0.25) is 4.79 Å². The number of thioether (sulfide) groups is 1. The lowest BCUT2D eigenvalue weighted by Gasteiger charge is -2.42. The lowest BCUT2D eigenvalue weighted by molar-refractivity contribution is -0.121. The molecule has 0 radical (unpaired) electrons. The minimum atomic E-state index is 0.120. The van der Waals surface area contributed by atoms with Crippen LogP contribution >= 0.6 is 23.4 Å². The Morgan fingerprint density at radius 3 is 2.73 bits per heavy atom. The van der Waals surface area contributed by atoms with Crippen LogP contribution in [0.2, 0.25) is 5.02 Å². The van der Waals surface area contributed by atoms with Crippen LogP contribution in [0.3, 0.4) is 0 Å². The first-order chi connectivity index (χ1) is 10.7. The van der Waals surface area contributed by atoms with Crippen LogP contribution in [0.4, 0.5) is 0 Å². The predicted molar refractivity (Wildman–Crippen MR) is 93.7 cm³/mol. The molecule has 2 N–H and O–H groups in total. The minimum absolute atomic E-state index is 0.120. The average molecular weight is 339 g/mol. The Hall–Kier alpha value is -0.710. The van der Waals surface area contributed by atoms with Crippen molar-refractivity contribution in [3.8, 4) is 0 Å². The predicted octanol–water partition coefficient (Wildman–Crippen LogP) is 2.97. The van der Waals surface area contributed by atoms with Crippen LogP contribution in [0.5, 0.6) is 0 Å². The minimum Gasteiger partial charge on any atom is -0.355 e. The van der Waals surface area contributed by atoms with Crippen LogP contribution in [0.15, 0.2) is 24.3 Å². The van der Waals surface area contributed by atoms with Gasteiger partial charge in [0.2, 0.25) is 5.91 Å². The van der Waals surface area contributed by atoms with Crippen LogP contribution in [0.1, 0.15) is 31.2 Å². The number of rotatable bonds is 5. The zero-order valence-corrected chi connectivity index (χ0v) is 14.3. The molecular weight excluding hydrogens is 316 g/mol. The molecule has 120 valence electrons. The molecule has 1 atom stereocenters. The summed E-state index contributed by atoms with van der Waals surface area (Å²) in [6.07, 6.45) is 4.11. The molecule has 1 aromatic rings. The highest BCUT2D eigenvalue weighted by Crippen LogP contribution is 2.43. The van der Waals surface area contributed by atoms with Crippen molar-refractivity contribution < 1.29 is 4.79 Å². The fourth-order valence-electron chi connectivity index (χ4n) is 3.29. The number of hydrogen-bond acceptors (Lipinski definition) is 3. The van der Waals surface area contributed by atoms with E-state index in [1.807, 2.05) is 23.9 Å². The first-order valence-corrected chi connectivity index (χ1v) is 9.55. The average Bonchev–Trinajstić information content (AvgIpc) is 2.49. The topological polar surface area (TPSA) is 41.1 Å². The van der Waals surface area contributed by atoms with Crippen molar-refractivity contribution in [2.45, 2.75) is 37.1 Å². The van der Waals surface area contributed by atoms with Crippen molar-refractivity contribution in [1.29, 1.82) is 0 Å². The van der Waals surface area contributed by atoms with Crippen LogP contribution in [-0.2, 0) is 10.2 Å². The molecule has 2 fully saturated rings. The van der Waals surface area contributed by atoms with E-state index in [9.17, 15) is 4.79 Å². The molecule has 1 saturated carbocycles. The molecule has 1 aromatic carbocycles. The number of benzene rings is 1. The highest BCUT2D eigenvalue weighted by Gasteiger charge is 2.38. The summed E-state index contributed by atoms with van der Waals surface area (Å²) in [6.45, 7) is 1.75. The summed E-state index contributed by atoms with van der Waals surface area (Å²) < 4.78 is 0. The van der Waals surface area contributed by atoms with Gasteiger partial charge >= 0.3 is 0 Å². The standard InChI is InChI=1S/C17H23ClN2OS/c18-14-4-2-13(3-5-14)17(6-1-7-17)12-20-16(21)10-15-11-22-9-8-19-15/h2-5,15,19H,1,6-12H2,(H,20,21). The monoisotopic (exact) mass is 338 g/mol. The van der Waals surface area contributed by atoms with E-state index < -0.39 is 0 Å². The van der Waals surface area contributed by atoms with Crippen molar-refractivity contribution in [2.75, 3.05) is 24.6 Å². The van der Waals surface area contributed by atoms with E-state index in [1.54, 1.807) is 0 Å². The summed E-state index contributed by atoms with van der Waals surface area (Å²) in [5.41, 5.74) is 1.42. The molecule has 22 heavy (non-hydrogen) atoms. The Kier molecular flexibility index (Phi) is 5.32. The van der Waals surface area contributed by atoms with E-state index in [0.717, 1.165) is 42.5 Å². The van der Waals surface area contributed by atoms with Crippen LogP contribution in [0.25, 0.3) is 0 Å². The van der Waals surface area contributed by atoms with Crippen molar-refractivity contribution in [1.82, 2.24) is 10.6 Å². The van der Waals surface area contributed by atoms with Gasteiger partial charge < -0.3 is 10.6 Å². The van der Waals surface area contributed by atoms with Crippen molar-refractivity contribution in [3.63, 3.8) is 0 Å². The third-order valence-corrected chi connectivity index (χ3v) is 6.20. The number of amides is 1. The van der Waals surface area contributed by atoms with Crippen LogP contribution in [-0.4, -0.2) is 36.5 Å². The molecule has 0 bridgehead atoms. The molecule has 0 aromatic heterocycles. The zero-order chi connectivity index (χ0) is 15.4. The highest BCUT2D eigenvalue weighted by atomic mass is 35.5. The fraction of sp³-hybridized carbons (Fsp3) is 0.588. The fourth-order valence-corrected chi connectivity index (χ4v) is 4.36. The van der Waals surface area contributed by atoms with Crippen LogP contribution < -0.4 is 10.6 Å². The Bertz CT molecular complexity index is 510. The van der Waals surface area contributed by atoms with E-state index in [-0.39, 0.29) is 11.3 Å². The van der Waals surface area contributed by atoms with Gasteiger partial charge in [-0.25, -0.2) is 0 Å². The largest absolute Gasteiger partial charge is 0.355 e. The molecule has 1 amide bonds. The van der Waals surface area contributed by atoms with Gasteiger partial charge in [0.25, 0.3) is 0 Å². The Morgan fingerprint density at radius 2 is 2.14 bits per heavy atom. The lowest BCUT2D eigenvalue weighted by atomic mass is 9.64. The Balaban J connectivity index is 1.54. The summed E-state index contributed by atoms with van der Waals surface area (Å²) in [7, 11) is 0. The number of nitrogens with one attached hydrogen (secondary N) is 2.